The predicted molar refractivity (Wildman–Crippen MR) is 59.4 cm³/mol. The molecule has 0 N–H and O–H groups in total. The van der Waals surface area contributed by atoms with E-state index in [1.165, 1.54) is 6.92 Å². The van der Waals surface area contributed by atoms with Crippen molar-refractivity contribution in [1.29, 1.82) is 0 Å². The summed E-state index contributed by atoms with van der Waals surface area (Å²) in [6.45, 7) is 1.33. The summed E-state index contributed by atoms with van der Waals surface area (Å²) >= 11 is 0. The molecule has 1 aromatic heterocycles. The fourth-order valence-corrected chi connectivity index (χ4v) is 3.80. The first-order valence-electron chi connectivity index (χ1n) is 5.54. The second kappa shape index (κ2) is 4.56. The molecule has 0 spiro atoms. The van der Waals surface area contributed by atoms with Gasteiger partial charge in [-0.3, -0.25) is 4.79 Å². The number of aromatic nitrogens is 2. The molecule has 1 aromatic rings. The van der Waals surface area contributed by atoms with E-state index < -0.39 is 15.1 Å². The zero-order valence-electron chi connectivity index (χ0n) is 9.55. The monoisotopic (exact) mass is 258 g/mol. The van der Waals surface area contributed by atoms with Gasteiger partial charge >= 0.3 is 0 Å². The third-order valence-electron chi connectivity index (χ3n) is 2.89. The van der Waals surface area contributed by atoms with Crippen LogP contribution in [0.5, 0.6) is 0 Å². The molecule has 0 radical (unpaired) electrons. The Bertz CT molecular complexity index is 520. The maximum absolute atomic E-state index is 11.8. The van der Waals surface area contributed by atoms with Gasteiger partial charge in [0.15, 0.2) is 15.7 Å². The van der Waals surface area contributed by atoms with Gasteiger partial charge in [0.05, 0.1) is 11.0 Å². The van der Waals surface area contributed by atoms with Crippen molar-refractivity contribution in [1.82, 2.24) is 10.1 Å². The molecule has 17 heavy (non-hydrogen) atoms. The lowest BCUT2D eigenvalue weighted by atomic mass is 10.1. The van der Waals surface area contributed by atoms with Crippen LogP contribution in [0.3, 0.4) is 0 Å². The summed E-state index contributed by atoms with van der Waals surface area (Å²) in [5, 5.41) is 3.19. The van der Waals surface area contributed by atoms with E-state index in [1.807, 2.05) is 0 Å². The van der Waals surface area contributed by atoms with Gasteiger partial charge < -0.3 is 4.52 Å². The molecule has 0 aliphatic carbocycles. The van der Waals surface area contributed by atoms with Crippen molar-refractivity contribution >= 4 is 15.6 Å². The van der Waals surface area contributed by atoms with Crippen molar-refractivity contribution in [3.63, 3.8) is 0 Å². The molecule has 1 saturated heterocycles. The highest BCUT2D eigenvalue weighted by Gasteiger charge is 2.30. The quantitative estimate of drug-likeness (QED) is 0.744. The Balaban J connectivity index is 2.11. The molecule has 1 atom stereocenters. The number of Topliss-reactive ketones (excluding diaryl/α,β-unsaturated/α-hetero) is 1. The number of rotatable bonds is 3. The van der Waals surface area contributed by atoms with Crippen molar-refractivity contribution in [2.75, 3.05) is 5.75 Å². The Morgan fingerprint density at radius 1 is 1.47 bits per heavy atom. The molecule has 94 valence electrons. The average molecular weight is 258 g/mol. The summed E-state index contributed by atoms with van der Waals surface area (Å²) in [7, 11) is -3.04. The van der Waals surface area contributed by atoms with E-state index in [0.717, 1.165) is 12.8 Å². The minimum atomic E-state index is -3.04. The molecule has 0 saturated carbocycles. The molecule has 0 aromatic carbocycles. The summed E-state index contributed by atoms with van der Waals surface area (Å²) in [4.78, 5) is 14.8. The van der Waals surface area contributed by atoms with E-state index in [9.17, 15) is 13.2 Å². The lowest BCUT2D eigenvalue weighted by Crippen LogP contribution is -2.30. The molecule has 7 heteroatoms. The van der Waals surface area contributed by atoms with Gasteiger partial charge in [-0.05, 0) is 12.8 Å². The minimum absolute atomic E-state index is 0.0618. The first-order valence-corrected chi connectivity index (χ1v) is 7.25. The Morgan fingerprint density at radius 2 is 2.24 bits per heavy atom. The van der Waals surface area contributed by atoms with E-state index in [0.29, 0.717) is 12.2 Å². The van der Waals surface area contributed by atoms with E-state index in [-0.39, 0.29) is 23.8 Å². The van der Waals surface area contributed by atoms with E-state index in [4.69, 9.17) is 4.52 Å². The van der Waals surface area contributed by atoms with Gasteiger partial charge in [0.1, 0.15) is 0 Å². The van der Waals surface area contributed by atoms with Crippen LogP contribution in [0.15, 0.2) is 4.52 Å². The predicted octanol–water partition coefficient (Wildman–Crippen LogP) is 0.782. The van der Waals surface area contributed by atoms with Gasteiger partial charge in [-0.2, -0.15) is 4.98 Å². The zero-order valence-corrected chi connectivity index (χ0v) is 10.4. The summed E-state index contributed by atoms with van der Waals surface area (Å²) in [5.41, 5.74) is 0. The second-order valence-corrected chi connectivity index (χ2v) is 6.66. The number of hydrogen-bond donors (Lipinski definition) is 0. The normalized spacial score (nSPS) is 23.5. The zero-order chi connectivity index (χ0) is 12.5. The molecule has 1 fully saturated rings. The highest BCUT2D eigenvalue weighted by atomic mass is 32.2. The van der Waals surface area contributed by atoms with Crippen LogP contribution >= 0.6 is 0 Å². The Labute approximate surface area is 99.3 Å². The van der Waals surface area contributed by atoms with Crippen LogP contribution in [-0.4, -0.2) is 35.3 Å². The summed E-state index contributed by atoms with van der Waals surface area (Å²) in [6.07, 6.45) is 2.50. The second-order valence-electron chi connectivity index (χ2n) is 4.26. The third kappa shape index (κ3) is 2.71. The first-order chi connectivity index (χ1) is 7.99. The fraction of sp³-hybridized carbons (Fsp3) is 0.700. The molecule has 2 rings (SSSR count). The minimum Gasteiger partial charge on any atom is -0.331 e. The Hall–Kier alpha value is -1.24. The number of nitrogens with zero attached hydrogens (tertiary/aromatic N) is 2. The standard InChI is InChI=1S/C10H14N2O4S/c1-7(13)10-11-9(12-16-10)6-8-4-2-3-5-17(8,14)15/h8H,2-6H2,1H3. The number of carbonyl (C=O) groups excluding carboxylic acids is 1. The van der Waals surface area contributed by atoms with E-state index >= 15 is 0 Å². The lowest BCUT2D eigenvalue weighted by molar-refractivity contribution is 0.0972. The van der Waals surface area contributed by atoms with E-state index in [2.05, 4.69) is 10.1 Å². The third-order valence-corrected chi connectivity index (χ3v) is 5.17. The van der Waals surface area contributed by atoms with Crippen LogP contribution in [0.2, 0.25) is 0 Å². The molecule has 0 amide bonds. The van der Waals surface area contributed by atoms with Crippen LogP contribution < -0.4 is 0 Å². The number of hydrogen-bond acceptors (Lipinski definition) is 6. The molecule has 1 unspecified atom stereocenters. The van der Waals surface area contributed by atoms with Gasteiger partial charge in [-0.15, -0.1) is 0 Å². The SMILES string of the molecule is CC(=O)c1nc(CC2CCCCS2(=O)=O)no1. The van der Waals surface area contributed by atoms with Gasteiger partial charge in [-0.1, -0.05) is 11.6 Å². The maximum Gasteiger partial charge on any atom is 0.293 e. The Morgan fingerprint density at radius 3 is 2.82 bits per heavy atom. The molecule has 1 aliphatic rings. The molecular formula is C10H14N2O4S. The maximum atomic E-state index is 11.8. The highest BCUT2D eigenvalue weighted by molar-refractivity contribution is 7.92. The van der Waals surface area contributed by atoms with Gasteiger partial charge in [0.25, 0.3) is 5.89 Å². The lowest BCUT2D eigenvalue weighted by Gasteiger charge is -2.20. The summed E-state index contributed by atoms with van der Waals surface area (Å²) in [6, 6.07) is 0. The topological polar surface area (TPSA) is 90.1 Å². The molecule has 1 aliphatic heterocycles. The van der Waals surface area contributed by atoms with Crippen LogP contribution in [0.25, 0.3) is 0 Å². The highest BCUT2D eigenvalue weighted by Crippen LogP contribution is 2.22. The van der Waals surface area contributed by atoms with Gasteiger partial charge in [-0.25, -0.2) is 8.42 Å². The molecule has 0 bridgehead atoms. The van der Waals surface area contributed by atoms with Crippen molar-refractivity contribution in [2.45, 2.75) is 37.9 Å². The smallest absolute Gasteiger partial charge is 0.293 e. The fourth-order valence-electron chi connectivity index (χ4n) is 1.93. The largest absolute Gasteiger partial charge is 0.331 e. The number of ketones is 1. The Kier molecular flexibility index (Phi) is 3.28. The molecular weight excluding hydrogens is 244 g/mol. The average Bonchev–Trinajstić information content (AvgIpc) is 2.70. The van der Waals surface area contributed by atoms with Gasteiger partial charge in [0.2, 0.25) is 5.78 Å². The summed E-state index contributed by atoms with van der Waals surface area (Å²) in [5.74, 6) is 0.156. The van der Waals surface area contributed by atoms with Crippen molar-refractivity contribution in [2.24, 2.45) is 0 Å². The van der Waals surface area contributed by atoms with Crippen LogP contribution in [-0.2, 0) is 16.3 Å². The van der Waals surface area contributed by atoms with Gasteiger partial charge in [0, 0.05) is 13.3 Å². The molecule has 2 heterocycles. The van der Waals surface area contributed by atoms with Crippen LogP contribution in [0, 0.1) is 0 Å². The van der Waals surface area contributed by atoms with Crippen LogP contribution in [0.1, 0.15) is 42.7 Å². The number of carbonyl (C=O) groups is 1. The van der Waals surface area contributed by atoms with Crippen LogP contribution in [0.4, 0.5) is 0 Å². The summed E-state index contributed by atoms with van der Waals surface area (Å²) < 4.78 is 28.3. The number of sulfone groups is 1. The molecule has 6 nitrogen and oxygen atoms in total. The van der Waals surface area contributed by atoms with Crippen molar-refractivity contribution < 1.29 is 17.7 Å². The van der Waals surface area contributed by atoms with Crippen molar-refractivity contribution in [3.05, 3.63) is 11.7 Å². The van der Waals surface area contributed by atoms with Crippen molar-refractivity contribution in [3.8, 4) is 0 Å². The first kappa shape index (κ1) is 12.2. The van der Waals surface area contributed by atoms with E-state index in [1.54, 1.807) is 0 Å².